The molecule has 0 aromatic heterocycles. The van der Waals surface area contributed by atoms with Crippen LogP contribution in [0.25, 0.3) is 0 Å². The van der Waals surface area contributed by atoms with E-state index in [0.717, 1.165) is 12.8 Å². The molecule has 3 amide bonds. The SMILES string of the molecule is CN(CCC(=O)O)C(=O)NC1CC(=O)N(C2CCCCC2)C1. The highest BCUT2D eigenvalue weighted by Crippen LogP contribution is 2.26. The van der Waals surface area contributed by atoms with Crippen LogP contribution in [0, 0.1) is 0 Å². The molecule has 2 aliphatic rings. The number of likely N-dealkylation sites (tertiary alicyclic amines) is 1. The van der Waals surface area contributed by atoms with E-state index in [1.54, 1.807) is 7.05 Å². The van der Waals surface area contributed by atoms with Crippen molar-refractivity contribution >= 4 is 17.9 Å². The summed E-state index contributed by atoms with van der Waals surface area (Å²) in [5, 5.41) is 11.5. The van der Waals surface area contributed by atoms with E-state index in [4.69, 9.17) is 5.11 Å². The van der Waals surface area contributed by atoms with Crippen LogP contribution in [-0.2, 0) is 9.59 Å². The molecule has 0 radical (unpaired) electrons. The summed E-state index contributed by atoms with van der Waals surface area (Å²) in [6.45, 7) is 0.732. The second kappa shape index (κ2) is 7.47. The summed E-state index contributed by atoms with van der Waals surface area (Å²) < 4.78 is 0. The van der Waals surface area contributed by atoms with Crippen molar-refractivity contribution in [2.45, 2.75) is 57.0 Å². The Labute approximate surface area is 130 Å². The third-order valence-electron chi connectivity index (χ3n) is 4.51. The highest BCUT2D eigenvalue weighted by atomic mass is 16.4. The number of carboxylic acids is 1. The number of carbonyl (C=O) groups excluding carboxylic acids is 2. The first-order valence-corrected chi connectivity index (χ1v) is 8.00. The smallest absolute Gasteiger partial charge is 0.317 e. The van der Waals surface area contributed by atoms with Crippen molar-refractivity contribution in [3.8, 4) is 0 Å². The molecule has 1 saturated carbocycles. The van der Waals surface area contributed by atoms with E-state index >= 15 is 0 Å². The highest BCUT2D eigenvalue weighted by molar-refractivity contribution is 5.82. The summed E-state index contributed by atoms with van der Waals surface area (Å²) in [5.74, 6) is -0.815. The Kier molecular flexibility index (Phi) is 5.63. The minimum absolute atomic E-state index is 0.0816. The molecule has 1 atom stereocenters. The summed E-state index contributed by atoms with van der Waals surface area (Å²) in [7, 11) is 1.56. The number of carbonyl (C=O) groups is 3. The number of aliphatic carboxylic acids is 1. The van der Waals surface area contributed by atoms with Crippen molar-refractivity contribution in [3.05, 3.63) is 0 Å². The first kappa shape index (κ1) is 16.6. The molecule has 1 unspecified atom stereocenters. The molecule has 0 aromatic carbocycles. The summed E-state index contributed by atoms with van der Waals surface area (Å²) in [5.41, 5.74) is 0. The number of urea groups is 1. The van der Waals surface area contributed by atoms with Gasteiger partial charge in [0.05, 0.1) is 12.5 Å². The maximum atomic E-state index is 12.1. The molecule has 0 bridgehead atoms. The van der Waals surface area contributed by atoms with Crippen LogP contribution in [0.5, 0.6) is 0 Å². The molecule has 1 saturated heterocycles. The van der Waals surface area contributed by atoms with E-state index in [-0.39, 0.29) is 30.9 Å². The standard InChI is InChI=1S/C15H25N3O4/c1-17(8-7-14(20)21)15(22)16-11-9-13(19)18(10-11)12-5-3-2-4-6-12/h11-12H,2-10H2,1H3,(H,16,22)(H,20,21). The molecule has 2 rings (SSSR count). The monoisotopic (exact) mass is 311 g/mol. The van der Waals surface area contributed by atoms with Crippen molar-refractivity contribution in [1.29, 1.82) is 0 Å². The summed E-state index contributed by atoms with van der Waals surface area (Å²) in [6, 6.07) is -0.161. The van der Waals surface area contributed by atoms with Gasteiger partial charge in [-0.25, -0.2) is 4.79 Å². The Hall–Kier alpha value is -1.79. The van der Waals surface area contributed by atoms with Crippen LogP contribution in [0.15, 0.2) is 0 Å². The number of nitrogens with zero attached hydrogens (tertiary/aromatic N) is 2. The first-order valence-electron chi connectivity index (χ1n) is 8.00. The molecule has 1 aliphatic heterocycles. The lowest BCUT2D eigenvalue weighted by molar-refractivity contribution is -0.137. The lowest BCUT2D eigenvalue weighted by Gasteiger charge is -2.31. The van der Waals surface area contributed by atoms with E-state index in [9.17, 15) is 14.4 Å². The van der Waals surface area contributed by atoms with Crippen molar-refractivity contribution in [2.24, 2.45) is 0 Å². The Morgan fingerprint density at radius 1 is 1.32 bits per heavy atom. The molecular weight excluding hydrogens is 286 g/mol. The zero-order valence-corrected chi connectivity index (χ0v) is 13.1. The molecule has 1 heterocycles. The van der Waals surface area contributed by atoms with Gasteiger partial charge < -0.3 is 20.2 Å². The zero-order chi connectivity index (χ0) is 16.1. The van der Waals surface area contributed by atoms with Crippen molar-refractivity contribution in [3.63, 3.8) is 0 Å². The van der Waals surface area contributed by atoms with Crippen LogP contribution in [0.3, 0.4) is 0 Å². The largest absolute Gasteiger partial charge is 0.481 e. The maximum Gasteiger partial charge on any atom is 0.317 e. The van der Waals surface area contributed by atoms with Gasteiger partial charge in [0.2, 0.25) is 5.91 Å². The van der Waals surface area contributed by atoms with E-state index in [0.29, 0.717) is 19.0 Å². The molecule has 2 N–H and O–H groups in total. The molecule has 124 valence electrons. The van der Waals surface area contributed by atoms with Gasteiger partial charge in [-0.1, -0.05) is 19.3 Å². The summed E-state index contributed by atoms with van der Waals surface area (Å²) in [6.07, 6.45) is 5.96. The number of nitrogens with one attached hydrogen (secondary N) is 1. The minimum Gasteiger partial charge on any atom is -0.481 e. The number of rotatable bonds is 5. The van der Waals surface area contributed by atoms with Gasteiger partial charge in [0.25, 0.3) is 0 Å². The lowest BCUT2D eigenvalue weighted by Crippen LogP contribution is -2.45. The number of hydrogen-bond acceptors (Lipinski definition) is 3. The normalized spacial score (nSPS) is 22.7. The first-order chi connectivity index (χ1) is 10.5. The van der Waals surface area contributed by atoms with E-state index in [1.165, 1.54) is 24.2 Å². The maximum absolute atomic E-state index is 12.1. The Bertz CT molecular complexity index is 435. The van der Waals surface area contributed by atoms with Crippen LogP contribution in [0.1, 0.15) is 44.9 Å². The van der Waals surface area contributed by atoms with Crippen molar-refractivity contribution in [1.82, 2.24) is 15.1 Å². The van der Waals surface area contributed by atoms with E-state index < -0.39 is 5.97 Å². The minimum atomic E-state index is -0.931. The van der Waals surface area contributed by atoms with Gasteiger partial charge >= 0.3 is 12.0 Å². The number of hydrogen-bond donors (Lipinski definition) is 2. The zero-order valence-electron chi connectivity index (χ0n) is 13.1. The van der Waals surface area contributed by atoms with Crippen LogP contribution in [-0.4, -0.2) is 65.0 Å². The lowest BCUT2D eigenvalue weighted by atomic mass is 9.94. The average molecular weight is 311 g/mol. The van der Waals surface area contributed by atoms with Crippen LogP contribution < -0.4 is 5.32 Å². The molecule has 0 spiro atoms. The van der Waals surface area contributed by atoms with Gasteiger partial charge in [-0.3, -0.25) is 9.59 Å². The quantitative estimate of drug-likeness (QED) is 0.793. The molecule has 22 heavy (non-hydrogen) atoms. The second-order valence-electron chi connectivity index (χ2n) is 6.25. The Morgan fingerprint density at radius 2 is 2.00 bits per heavy atom. The average Bonchev–Trinajstić information content (AvgIpc) is 2.86. The summed E-state index contributed by atoms with van der Waals surface area (Å²) in [4.78, 5) is 37.9. The van der Waals surface area contributed by atoms with Gasteiger partial charge in [-0.05, 0) is 12.8 Å². The van der Waals surface area contributed by atoms with Crippen molar-refractivity contribution < 1.29 is 19.5 Å². The third kappa shape index (κ3) is 4.35. The fourth-order valence-corrected chi connectivity index (χ4v) is 3.22. The molecule has 2 fully saturated rings. The summed E-state index contributed by atoms with van der Waals surface area (Å²) >= 11 is 0. The molecule has 7 heteroatoms. The molecule has 0 aromatic rings. The topological polar surface area (TPSA) is 90.0 Å². The fraction of sp³-hybridized carbons (Fsp3) is 0.800. The molecule has 1 aliphatic carbocycles. The van der Waals surface area contributed by atoms with Gasteiger partial charge in [0.1, 0.15) is 0 Å². The predicted octanol–water partition coefficient (Wildman–Crippen LogP) is 1.04. The van der Waals surface area contributed by atoms with E-state index in [1.807, 2.05) is 4.90 Å². The van der Waals surface area contributed by atoms with Gasteiger partial charge in [0, 0.05) is 32.6 Å². The van der Waals surface area contributed by atoms with Crippen LogP contribution in [0.4, 0.5) is 4.79 Å². The molecular formula is C15H25N3O4. The highest BCUT2D eigenvalue weighted by Gasteiger charge is 2.35. The second-order valence-corrected chi connectivity index (χ2v) is 6.25. The number of carboxylic acid groups (broad SMARTS) is 1. The van der Waals surface area contributed by atoms with Crippen LogP contribution in [0.2, 0.25) is 0 Å². The fourth-order valence-electron chi connectivity index (χ4n) is 3.22. The van der Waals surface area contributed by atoms with Gasteiger partial charge in [-0.15, -0.1) is 0 Å². The third-order valence-corrected chi connectivity index (χ3v) is 4.51. The molecule has 7 nitrogen and oxygen atoms in total. The van der Waals surface area contributed by atoms with Crippen LogP contribution >= 0.6 is 0 Å². The van der Waals surface area contributed by atoms with E-state index in [2.05, 4.69) is 5.32 Å². The van der Waals surface area contributed by atoms with Gasteiger partial charge in [-0.2, -0.15) is 0 Å². The Balaban J connectivity index is 1.80. The van der Waals surface area contributed by atoms with Gasteiger partial charge in [0.15, 0.2) is 0 Å². The Morgan fingerprint density at radius 3 is 2.64 bits per heavy atom. The van der Waals surface area contributed by atoms with Crippen molar-refractivity contribution in [2.75, 3.05) is 20.1 Å². The number of amides is 3. The predicted molar refractivity (Wildman–Crippen MR) is 80.4 cm³/mol.